The molecule has 0 radical (unpaired) electrons. The second-order valence-electron chi connectivity index (χ2n) is 10.0. The third-order valence-corrected chi connectivity index (χ3v) is 7.27. The Morgan fingerprint density at radius 1 is 1.34 bits per heavy atom. The number of carbonyl (C=O) groups excluding carboxylic acids is 1. The van der Waals surface area contributed by atoms with E-state index in [1.165, 1.54) is 16.2 Å². The Morgan fingerprint density at radius 2 is 2.03 bits per heavy atom. The fourth-order valence-electron chi connectivity index (χ4n) is 4.83. The number of halogens is 1. The van der Waals surface area contributed by atoms with Crippen molar-refractivity contribution in [2.75, 3.05) is 6.61 Å². The zero-order chi connectivity index (χ0) is 23.8. The fraction of sp³-hybridized carbons (Fsp3) is 0.542. The first-order chi connectivity index (χ1) is 14.9. The van der Waals surface area contributed by atoms with Gasteiger partial charge in [-0.05, 0) is 41.9 Å². The molecule has 3 atom stereocenters. The average Bonchev–Trinajstić information content (AvgIpc) is 3.32. The van der Waals surface area contributed by atoms with E-state index in [1.807, 2.05) is 40.7 Å². The number of thiazole rings is 1. The molecule has 1 aliphatic rings. The summed E-state index contributed by atoms with van der Waals surface area (Å²) in [5.74, 6) is -1.87. The summed E-state index contributed by atoms with van der Waals surface area (Å²) in [6, 6.07) is 4.54. The van der Waals surface area contributed by atoms with Crippen molar-refractivity contribution >= 4 is 34.8 Å². The predicted molar refractivity (Wildman–Crippen MR) is 126 cm³/mol. The van der Waals surface area contributed by atoms with Gasteiger partial charge in [0.1, 0.15) is 10.5 Å². The van der Waals surface area contributed by atoms with Crippen LogP contribution in [0.25, 0.3) is 0 Å². The highest BCUT2D eigenvalue weighted by Crippen LogP contribution is 2.50. The van der Waals surface area contributed by atoms with Gasteiger partial charge in [-0.1, -0.05) is 52.3 Å². The monoisotopic (exact) mass is 478 g/mol. The van der Waals surface area contributed by atoms with Crippen molar-refractivity contribution in [3.05, 3.63) is 50.9 Å². The van der Waals surface area contributed by atoms with Gasteiger partial charge in [-0.2, -0.15) is 0 Å². The topological polar surface area (TPSA) is 90.7 Å². The summed E-state index contributed by atoms with van der Waals surface area (Å²) in [4.78, 5) is 32.5. The minimum atomic E-state index is -1.44. The van der Waals surface area contributed by atoms with Gasteiger partial charge in [0, 0.05) is 34.7 Å². The summed E-state index contributed by atoms with van der Waals surface area (Å²) in [6.45, 7) is 9.76. The summed E-state index contributed by atoms with van der Waals surface area (Å²) in [5, 5.41) is 23.4. The molecule has 0 spiro atoms. The maximum absolute atomic E-state index is 13.9. The number of aliphatic hydroxyl groups is 1. The number of benzene rings is 1. The van der Waals surface area contributed by atoms with E-state index in [9.17, 15) is 19.8 Å². The Labute approximate surface area is 198 Å². The largest absolute Gasteiger partial charge is 0.479 e. The molecule has 32 heavy (non-hydrogen) atoms. The van der Waals surface area contributed by atoms with E-state index in [1.54, 1.807) is 23.7 Å². The fourth-order valence-corrected chi connectivity index (χ4v) is 6.11. The van der Waals surface area contributed by atoms with Crippen LogP contribution in [0, 0.1) is 11.8 Å². The molecule has 2 aromatic rings. The van der Waals surface area contributed by atoms with Gasteiger partial charge in [0.2, 0.25) is 0 Å². The summed E-state index contributed by atoms with van der Waals surface area (Å²) >= 11 is 7.90. The van der Waals surface area contributed by atoms with Crippen molar-refractivity contribution in [2.45, 2.75) is 64.5 Å². The Hall–Kier alpha value is -1.96. The first-order valence-electron chi connectivity index (χ1n) is 10.8. The number of carbonyl (C=O) groups is 2. The zero-order valence-electron chi connectivity index (χ0n) is 19.1. The van der Waals surface area contributed by atoms with Crippen LogP contribution in [0.4, 0.5) is 0 Å². The highest BCUT2D eigenvalue weighted by atomic mass is 35.5. The van der Waals surface area contributed by atoms with Gasteiger partial charge < -0.3 is 15.1 Å². The zero-order valence-corrected chi connectivity index (χ0v) is 20.7. The highest BCUT2D eigenvalue weighted by Gasteiger charge is 2.59. The molecule has 1 amide bonds. The molecular weight excluding hydrogens is 448 g/mol. The summed E-state index contributed by atoms with van der Waals surface area (Å²) < 4.78 is 0. The van der Waals surface area contributed by atoms with Gasteiger partial charge in [0.05, 0.1) is 6.04 Å². The number of aliphatic hydroxyl groups excluding tert-OH is 1. The molecule has 0 unspecified atom stereocenters. The Balaban J connectivity index is 2.17. The van der Waals surface area contributed by atoms with Crippen LogP contribution in [0.3, 0.4) is 0 Å². The summed E-state index contributed by atoms with van der Waals surface area (Å²) in [6.07, 6.45) is 2.08. The van der Waals surface area contributed by atoms with Gasteiger partial charge in [0.15, 0.2) is 0 Å². The van der Waals surface area contributed by atoms with Crippen LogP contribution >= 0.6 is 22.9 Å². The SMILES string of the molecule is CC(C)C[C@@]1(C(=O)O)C[C@H](CO)[C@H](c2nccs2)N1C(=O)c1ccc(C(C)(C)C)c(Cl)c1. The van der Waals surface area contributed by atoms with E-state index in [4.69, 9.17) is 11.6 Å². The quantitative estimate of drug-likeness (QED) is 0.598. The standard InChI is InChI=1S/C24H31ClN2O4S/c1-14(2)11-24(22(30)31)12-16(13-28)19(20-26-8-9-32-20)27(24)21(29)15-6-7-17(18(25)10-15)23(3,4)5/h6-10,14,16,19,28H,11-13H2,1-5H3,(H,30,31)/t16-,19-,24+/m1/s1. The number of aromatic nitrogens is 1. The maximum atomic E-state index is 13.9. The molecule has 0 saturated carbocycles. The third kappa shape index (κ3) is 4.43. The lowest BCUT2D eigenvalue weighted by molar-refractivity contribution is -0.150. The normalized spacial score (nSPS) is 23.7. The van der Waals surface area contributed by atoms with Gasteiger partial charge >= 0.3 is 5.97 Å². The van der Waals surface area contributed by atoms with Crippen molar-refractivity contribution < 1.29 is 19.8 Å². The smallest absolute Gasteiger partial charge is 0.329 e. The number of carboxylic acids is 1. The van der Waals surface area contributed by atoms with E-state index in [0.29, 0.717) is 15.6 Å². The van der Waals surface area contributed by atoms with Crippen LogP contribution in [-0.2, 0) is 10.2 Å². The molecule has 0 bridgehead atoms. The third-order valence-electron chi connectivity index (χ3n) is 6.11. The molecule has 1 fully saturated rings. The van der Waals surface area contributed by atoms with Crippen LogP contribution in [-0.4, -0.2) is 44.1 Å². The van der Waals surface area contributed by atoms with E-state index in [2.05, 4.69) is 4.98 Å². The Morgan fingerprint density at radius 3 is 2.50 bits per heavy atom. The number of hydrogen-bond acceptors (Lipinski definition) is 5. The lowest BCUT2D eigenvalue weighted by atomic mass is 9.83. The van der Waals surface area contributed by atoms with Gasteiger partial charge in [-0.15, -0.1) is 11.3 Å². The maximum Gasteiger partial charge on any atom is 0.329 e. The Kier molecular flexibility index (Phi) is 7.03. The molecule has 2 heterocycles. The number of hydrogen-bond donors (Lipinski definition) is 2. The van der Waals surface area contributed by atoms with Crippen molar-refractivity contribution in [2.24, 2.45) is 11.8 Å². The highest BCUT2D eigenvalue weighted by molar-refractivity contribution is 7.09. The molecule has 1 aliphatic heterocycles. The average molecular weight is 479 g/mol. The van der Waals surface area contributed by atoms with Crippen molar-refractivity contribution in [3.63, 3.8) is 0 Å². The van der Waals surface area contributed by atoms with Crippen molar-refractivity contribution in [3.8, 4) is 0 Å². The van der Waals surface area contributed by atoms with Crippen LogP contribution in [0.15, 0.2) is 29.8 Å². The number of rotatable bonds is 6. The lowest BCUT2D eigenvalue weighted by Crippen LogP contribution is -2.54. The molecule has 1 aromatic heterocycles. The summed E-state index contributed by atoms with van der Waals surface area (Å²) in [7, 11) is 0. The van der Waals surface area contributed by atoms with Gasteiger partial charge in [0.25, 0.3) is 5.91 Å². The second kappa shape index (κ2) is 9.12. The minimum absolute atomic E-state index is 0.0302. The minimum Gasteiger partial charge on any atom is -0.479 e. The van der Waals surface area contributed by atoms with E-state index >= 15 is 0 Å². The van der Waals surface area contributed by atoms with Crippen molar-refractivity contribution in [1.82, 2.24) is 9.88 Å². The van der Waals surface area contributed by atoms with Gasteiger partial charge in [-0.3, -0.25) is 4.79 Å². The summed E-state index contributed by atoms with van der Waals surface area (Å²) in [5.41, 5.74) is -0.393. The van der Waals surface area contributed by atoms with Crippen LogP contribution in [0.1, 0.15) is 74.4 Å². The molecule has 0 aliphatic carbocycles. The number of carboxylic acid groups (broad SMARTS) is 1. The predicted octanol–water partition coefficient (Wildman–Crippen LogP) is 5.16. The number of amides is 1. The number of likely N-dealkylation sites (tertiary alicyclic amines) is 1. The van der Waals surface area contributed by atoms with Crippen LogP contribution < -0.4 is 0 Å². The second-order valence-corrected chi connectivity index (χ2v) is 11.3. The van der Waals surface area contributed by atoms with Gasteiger partial charge in [-0.25, -0.2) is 9.78 Å². The van der Waals surface area contributed by atoms with Crippen molar-refractivity contribution in [1.29, 1.82) is 0 Å². The van der Waals surface area contributed by atoms with E-state index in [-0.39, 0.29) is 30.8 Å². The first-order valence-corrected chi connectivity index (χ1v) is 12.1. The van der Waals surface area contributed by atoms with E-state index < -0.39 is 29.4 Å². The van der Waals surface area contributed by atoms with E-state index in [0.717, 1.165) is 5.56 Å². The molecule has 1 saturated heterocycles. The molecule has 6 nitrogen and oxygen atoms in total. The van der Waals surface area contributed by atoms with Crippen LogP contribution in [0.2, 0.25) is 5.02 Å². The molecular formula is C24H31ClN2O4S. The van der Waals surface area contributed by atoms with Crippen LogP contribution in [0.5, 0.6) is 0 Å². The molecule has 8 heteroatoms. The first kappa shape index (κ1) is 24.7. The molecule has 3 rings (SSSR count). The molecule has 174 valence electrons. The Bertz CT molecular complexity index is 986. The number of nitrogens with zero attached hydrogens (tertiary/aromatic N) is 2. The molecule has 1 aromatic carbocycles. The molecule has 2 N–H and O–H groups in total. The lowest BCUT2D eigenvalue weighted by Gasteiger charge is -2.39. The number of aliphatic carboxylic acids is 1.